The summed E-state index contributed by atoms with van der Waals surface area (Å²) in [5.74, 6) is -1.31. The lowest BCUT2D eigenvalue weighted by Gasteiger charge is -2.25. The topological polar surface area (TPSA) is 114 Å². The molecule has 51 heavy (non-hydrogen) atoms. The minimum atomic E-state index is -0.446. The summed E-state index contributed by atoms with van der Waals surface area (Å²) in [7, 11) is 7.47. The van der Waals surface area contributed by atoms with E-state index in [-0.39, 0.29) is 13.2 Å². The molecular weight excluding hydrogens is 651 g/mol. The fraction of sp³-hybridized carbons (Fsp3) is 0.211. The van der Waals surface area contributed by atoms with Gasteiger partial charge in [-0.25, -0.2) is 14.0 Å². The number of halogens is 1. The van der Waals surface area contributed by atoms with E-state index in [1.165, 1.54) is 6.07 Å². The molecule has 0 fully saturated rings. The second kappa shape index (κ2) is 18.4. The van der Waals surface area contributed by atoms with Gasteiger partial charge in [-0.05, 0) is 84.9 Å². The molecule has 266 valence electrons. The van der Waals surface area contributed by atoms with Gasteiger partial charge in [0.2, 0.25) is 0 Å². The van der Waals surface area contributed by atoms with Crippen LogP contribution >= 0.6 is 0 Å². The molecule has 4 aromatic carbocycles. The van der Waals surface area contributed by atoms with Gasteiger partial charge in [-0.3, -0.25) is 20.9 Å². The van der Waals surface area contributed by atoms with E-state index in [2.05, 4.69) is 34.2 Å². The molecule has 0 bridgehead atoms. The summed E-state index contributed by atoms with van der Waals surface area (Å²) < 4.78 is 25.2. The quantitative estimate of drug-likeness (QED) is 0.0470. The standard InChI is InChI=1S/C38H43FN8O4/c1-7-37(48)50-25-23-44(3)31-14-9-28(10-15-31)40-41-29-11-16-33(17-12-29)47(6)43-36-22-13-30(27-35(36)39)42-46(5)34-20-18-32(19-21-34)45(4)24-26-51-38(49)8-2/h7-22,27,42-43H,1-2,23-26H2,3-6H3/b41-40+. The Bertz CT molecular complexity index is 1800. The van der Waals surface area contributed by atoms with Gasteiger partial charge in [0.25, 0.3) is 0 Å². The van der Waals surface area contributed by atoms with Crippen LogP contribution in [0.4, 0.5) is 49.9 Å². The molecule has 13 heteroatoms. The van der Waals surface area contributed by atoms with E-state index in [0.29, 0.717) is 35.8 Å². The molecule has 0 amide bonds. The van der Waals surface area contributed by atoms with Gasteiger partial charge in [-0.15, -0.1) is 0 Å². The number of nitrogens with zero attached hydrogens (tertiary/aromatic N) is 6. The fourth-order valence-electron chi connectivity index (χ4n) is 4.68. The van der Waals surface area contributed by atoms with Crippen LogP contribution in [0.2, 0.25) is 0 Å². The van der Waals surface area contributed by atoms with Crippen molar-refractivity contribution in [1.29, 1.82) is 0 Å². The zero-order valence-electron chi connectivity index (χ0n) is 29.3. The predicted molar refractivity (Wildman–Crippen MR) is 203 cm³/mol. The highest BCUT2D eigenvalue weighted by Gasteiger charge is 2.10. The van der Waals surface area contributed by atoms with Crippen molar-refractivity contribution < 1.29 is 23.5 Å². The minimum Gasteiger partial charge on any atom is -0.461 e. The van der Waals surface area contributed by atoms with Gasteiger partial charge < -0.3 is 19.3 Å². The number of anilines is 6. The van der Waals surface area contributed by atoms with Gasteiger partial charge in [0.1, 0.15) is 19.0 Å². The fourth-order valence-corrected chi connectivity index (χ4v) is 4.68. The van der Waals surface area contributed by atoms with E-state index >= 15 is 4.39 Å². The summed E-state index contributed by atoms with van der Waals surface area (Å²) >= 11 is 0. The highest BCUT2D eigenvalue weighted by Crippen LogP contribution is 2.26. The smallest absolute Gasteiger partial charge is 0.330 e. The van der Waals surface area contributed by atoms with Gasteiger partial charge in [-0.1, -0.05) is 13.2 Å². The maximum atomic E-state index is 15.1. The van der Waals surface area contributed by atoms with Crippen LogP contribution in [-0.4, -0.2) is 66.4 Å². The first-order chi connectivity index (χ1) is 24.6. The van der Waals surface area contributed by atoms with E-state index in [1.54, 1.807) is 29.2 Å². The van der Waals surface area contributed by atoms with Gasteiger partial charge >= 0.3 is 11.9 Å². The maximum absolute atomic E-state index is 15.1. The first-order valence-corrected chi connectivity index (χ1v) is 16.1. The van der Waals surface area contributed by atoms with E-state index in [4.69, 9.17) is 9.47 Å². The summed E-state index contributed by atoms with van der Waals surface area (Å²) in [5.41, 5.74) is 12.1. The molecule has 0 atom stereocenters. The number of hydrogen-bond acceptors (Lipinski definition) is 12. The number of nitrogens with one attached hydrogen (secondary N) is 2. The molecule has 0 saturated heterocycles. The van der Waals surface area contributed by atoms with Crippen molar-refractivity contribution in [1.82, 2.24) is 0 Å². The van der Waals surface area contributed by atoms with Gasteiger partial charge in [-0.2, -0.15) is 10.2 Å². The Kier molecular flexibility index (Phi) is 13.5. The Morgan fingerprint density at radius 2 is 1.06 bits per heavy atom. The number of carbonyl (C=O) groups is 2. The van der Waals surface area contributed by atoms with Crippen LogP contribution in [0.1, 0.15) is 0 Å². The SMILES string of the molecule is C=CC(=O)OCCN(C)c1ccc(/N=N/c2ccc(N(C)Nc3ccc(NN(C)c4ccc(N(C)CCOC(=O)C=C)cc4)cc3F)cc2)cc1. The summed E-state index contributed by atoms with van der Waals surface area (Å²) in [6.07, 6.45) is 2.28. The Balaban J connectivity index is 1.26. The van der Waals surface area contributed by atoms with Crippen LogP contribution in [-0.2, 0) is 19.1 Å². The summed E-state index contributed by atoms with van der Waals surface area (Å²) in [6, 6.07) is 27.6. The number of hydrazine groups is 2. The van der Waals surface area contributed by atoms with Crippen LogP contribution in [0.15, 0.2) is 127 Å². The molecule has 0 unspecified atom stereocenters. The predicted octanol–water partition coefficient (Wildman–Crippen LogP) is 7.50. The van der Waals surface area contributed by atoms with Crippen molar-refractivity contribution in [3.05, 3.63) is 122 Å². The molecule has 0 aliphatic carbocycles. The molecule has 2 N–H and O–H groups in total. The molecule has 0 heterocycles. The number of azo groups is 1. The molecule has 12 nitrogen and oxygen atoms in total. The van der Waals surface area contributed by atoms with E-state index in [1.807, 2.05) is 104 Å². The monoisotopic (exact) mass is 694 g/mol. The molecule has 4 aromatic rings. The van der Waals surface area contributed by atoms with Crippen molar-refractivity contribution >= 4 is 57.4 Å². The second-order valence-corrected chi connectivity index (χ2v) is 11.4. The van der Waals surface area contributed by atoms with Crippen LogP contribution in [0.25, 0.3) is 0 Å². The van der Waals surface area contributed by atoms with Crippen molar-refractivity contribution in [2.24, 2.45) is 10.2 Å². The Morgan fingerprint density at radius 3 is 1.51 bits per heavy atom. The van der Waals surface area contributed by atoms with Crippen LogP contribution in [0.5, 0.6) is 0 Å². The van der Waals surface area contributed by atoms with Gasteiger partial charge in [0.15, 0.2) is 0 Å². The number of rotatable bonds is 18. The average Bonchev–Trinajstić information content (AvgIpc) is 3.15. The van der Waals surface area contributed by atoms with Crippen molar-refractivity contribution in [2.45, 2.75) is 0 Å². The maximum Gasteiger partial charge on any atom is 0.330 e. The Hall–Kier alpha value is -6.37. The van der Waals surface area contributed by atoms with Crippen LogP contribution < -0.4 is 30.7 Å². The van der Waals surface area contributed by atoms with Crippen LogP contribution in [0, 0.1) is 5.82 Å². The molecule has 0 saturated carbocycles. The molecule has 0 aromatic heterocycles. The minimum absolute atomic E-state index is 0.258. The average molecular weight is 695 g/mol. The summed E-state index contributed by atoms with van der Waals surface area (Å²) in [4.78, 5) is 26.4. The zero-order chi connectivity index (χ0) is 36.8. The number of ether oxygens (including phenoxy) is 2. The largest absolute Gasteiger partial charge is 0.461 e. The number of likely N-dealkylation sites (N-methyl/N-ethyl adjacent to an activating group) is 2. The normalized spacial score (nSPS) is 10.6. The van der Waals surface area contributed by atoms with Gasteiger partial charge in [0, 0.05) is 57.8 Å². The van der Waals surface area contributed by atoms with Crippen molar-refractivity contribution in [3.8, 4) is 0 Å². The molecule has 0 aliphatic rings. The third kappa shape index (κ3) is 11.3. The lowest BCUT2D eigenvalue weighted by molar-refractivity contribution is -0.138. The molecular formula is C38H43FN8O4. The first-order valence-electron chi connectivity index (χ1n) is 16.1. The lowest BCUT2D eigenvalue weighted by Crippen LogP contribution is -2.26. The third-order valence-electron chi connectivity index (χ3n) is 7.72. The van der Waals surface area contributed by atoms with Crippen LogP contribution in [0.3, 0.4) is 0 Å². The van der Waals surface area contributed by atoms with Crippen molar-refractivity contribution in [2.75, 3.05) is 85.2 Å². The molecule has 0 spiro atoms. The summed E-state index contributed by atoms with van der Waals surface area (Å²) in [6.45, 7) is 8.38. The number of hydrogen-bond donors (Lipinski definition) is 2. The Morgan fingerprint density at radius 1 is 0.647 bits per heavy atom. The lowest BCUT2D eigenvalue weighted by atomic mass is 10.2. The van der Waals surface area contributed by atoms with Gasteiger partial charge in [0.05, 0.1) is 47.2 Å². The highest BCUT2D eigenvalue weighted by atomic mass is 19.1. The number of benzene rings is 4. The Labute approximate surface area is 298 Å². The second-order valence-electron chi connectivity index (χ2n) is 11.4. The molecule has 0 aliphatic heterocycles. The van der Waals surface area contributed by atoms with E-state index < -0.39 is 17.8 Å². The van der Waals surface area contributed by atoms with E-state index in [0.717, 1.165) is 34.9 Å². The molecule has 4 rings (SSSR count). The molecule has 0 radical (unpaired) electrons. The zero-order valence-corrected chi connectivity index (χ0v) is 29.3. The van der Waals surface area contributed by atoms with Crippen molar-refractivity contribution in [3.63, 3.8) is 0 Å². The number of esters is 2. The first kappa shape index (κ1) is 37.4. The summed E-state index contributed by atoms with van der Waals surface area (Å²) in [5, 5.41) is 12.2. The number of carbonyl (C=O) groups excluding carboxylic acids is 2. The third-order valence-corrected chi connectivity index (χ3v) is 7.72. The highest BCUT2D eigenvalue weighted by molar-refractivity contribution is 5.81. The van der Waals surface area contributed by atoms with E-state index in [9.17, 15) is 9.59 Å².